The Balaban J connectivity index is 1.50. The van der Waals surface area contributed by atoms with Crippen molar-refractivity contribution in [3.05, 3.63) is 65.4 Å². The Morgan fingerprint density at radius 1 is 1.23 bits per heavy atom. The van der Waals surface area contributed by atoms with E-state index in [1.165, 1.54) is 22.0 Å². The highest BCUT2D eigenvalue weighted by molar-refractivity contribution is 5.83. The SMILES string of the molecule is COc1cccc(C2(O)CCC(NCc3c[nH]c4ccc(C)cc34)CC2CN(C)C)c1. The predicted molar refractivity (Wildman–Crippen MR) is 126 cm³/mol. The topological polar surface area (TPSA) is 60.5 Å². The molecule has 166 valence electrons. The summed E-state index contributed by atoms with van der Waals surface area (Å²) in [5.74, 6) is 0.940. The summed E-state index contributed by atoms with van der Waals surface area (Å²) in [7, 11) is 5.84. The number of aliphatic hydroxyl groups is 1. The molecule has 0 spiro atoms. The second-order valence-corrected chi connectivity index (χ2v) is 9.33. The molecule has 0 saturated heterocycles. The minimum atomic E-state index is -0.838. The molecule has 3 N–H and O–H groups in total. The summed E-state index contributed by atoms with van der Waals surface area (Å²) < 4.78 is 5.41. The van der Waals surface area contributed by atoms with Crippen LogP contribution in [0.15, 0.2) is 48.7 Å². The van der Waals surface area contributed by atoms with E-state index in [1.54, 1.807) is 7.11 Å². The van der Waals surface area contributed by atoms with Gasteiger partial charge in [0.05, 0.1) is 12.7 Å². The smallest absolute Gasteiger partial charge is 0.119 e. The van der Waals surface area contributed by atoms with E-state index in [4.69, 9.17) is 4.74 Å². The first-order valence-electron chi connectivity index (χ1n) is 11.2. The van der Waals surface area contributed by atoms with Gasteiger partial charge < -0.3 is 25.0 Å². The number of ether oxygens (including phenoxy) is 1. The lowest BCUT2D eigenvalue weighted by atomic mass is 9.69. The number of aryl methyl sites for hydroxylation is 1. The fraction of sp³-hybridized carbons (Fsp3) is 0.462. The Morgan fingerprint density at radius 3 is 2.84 bits per heavy atom. The third-order valence-corrected chi connectivity index (χ3v) is 6.78. The molecular weight excluding hydrogens is 386 g/mol. The molecule has 2 aromatic carbocycles. The van der Waals surface area contributed by atoms with Crippen LogP contribution in [0.4, 0.5) is 0 Å². The number of fused-ring (bicyclic) bond motifs is 1. The van der Waals surface area contributed by atoms with Crippen LogP contribution in [0.3, 0.4) is 0 Å². The van der Waals surface area contributed by atoms with Crippen LogP contribution in [0.5, 0.6) is 5.75 Å². The zero-order valence-electron chi connectivity index (χ0n) is 19.1. The lowest BCUT2D eigenvalue weighted by Gasteiger charge is -2.45. The van der Waals surface area contributed by atoms with Crippen molar-refractivity contribution in [2.45, 2.75) is 44.4 Å². The first kappa shape index (κ1) is 21.9. The van der Waals surface area contributed by atoms with E-state index < -0.39 is 5.60 Å². The molecule has 1 aliphatic carbocycles. The van der Waals surface area contributed by atoms with Crippen molar-refractivity contribution in [3.63, 3.8) is 0 Å². The van der Waals surface area contributed by atoms with Crippen LogP contribution in [-0.2, 0) is 12.1 Å². The molecule has 1 fully saturated rings. The predicted octanol–water partition coefficient (Wildman–Crippen LogP) is 4.19. The van der Waals surface area contributed by atoms with E-state index in [2.05, 4.69) is 60.6 Å². The lowest BCUT2D eigenvalue weighted by molar-refractivity contribution is -0.0694. The van der Waals surface area contributed by atoms with Gasteiger partial charge in [0.1, 0.15) is 5.75 Å². The Hall–Kier alpha value is -2.34. The molecule has 3 aromatic rings. The van der Waals surface area contributed by atoms with Gasteiger partial charge in [-0.3, -0.25) is 0 Å². The highest BCUT2D eigenvalue weighted by Gasteiger charge is 2.43. The molecular formula is C26H35N3O2. The first-order valence-corrected chi connectivity index (χ1v) is 11.2. The van der Waals surface area contributed by atoms with Crippen molar-refractivity contribution in [3.8, 4) is 5.75 Å². The molecule has 5 nitrogen and oxygen atoms in total. The molecule has 1 aliphatic rings. The van der Waals surface area contributed by atoms with Gasteiger partial charge in [-0.05, 0) is 75.7 Å². The van der Waals surface area contributed by atoms with Gasteiger partial charge in [-0.15, -0.1) is 0 Å². The zero-order valence-corrected chi connectivity index (χ0v) is 19.1. The van der Waals surface area contributed by atoms with Crippen LogP contribution in [-0.4, -0.2) is 48.8 Å². The number of H-pyrrole nitrogens is 1. The molecule has 0 aliphatic heterocycles. The Morgan fingerprint density at radius 2 is 2.06 bits per heavy atom. The number of aromatic nitrogens is 1. The molecule has 0 radical (unpaired) electrons. The van der Waals surface area contributed by atoms with Gasteiger partial charge in [-0.1, -0.05) is 23.8 Å². The molecule has 1 heterocycles. The third-order valence-electron chi connectivity index (χ3n) is 6.78. The van der Waals surface area contributed by atoms with Gasteiger partial charge in [0, 0.05) is 42.1 Å². The van der Waals surface area contributed by atoms with Crippen LogP contribution in [0.25, 0.3) is 10.9 Å². The number of hydrogen-bond acceptors (Lipinski definition) is 4. The van der Waals surface area contributed by atoms with Crippen LogP contribution < -0.4 is 10.1 Å². The van der Waals surface area contributed by atoms with Crippen molar-refractivity contribution in [2.24, 2.45) is 5.92 Å². The number of nitrogens with zero attached hydrogens (tertiary/aromatic N) is 1. The van der Waals surface area contributed by atoms with Crippen molar-refractivity contribution in [2.75, 3.05) is 27.7 Å². The largest absolute Gasteiger partial charge is 0.497 e. The van der Waals surface area contributed by atoms with Crippen molar-refractivity contribution >= 4 is 10.9 Å². The maximum atomic E-state index is 11.8. The van der Waals surface area contributed by atoms with Crippen LogP contribution >= 0.6 is 0 Å². The normalized spacial score (nSPS) is 24.1. The average Bonchev–Trinajstić information content (AvgIpc) is 3.16. The van der Waals surface area contributed by atoms with E-state index in [9.17, 15) is 5.11 Å². The van der Waals surface area contributed by atoms with Gasteiger partial charge >= 0.3 is 0 Å². The summed E-state index contributed by atoms with van der Waals surface area (Å²) in [6, 6.07) is 14.9. The van der Waals surface area contributed by atoms with Gasteiger partial charge in [0.25, 0.3) is 0 Å². The summed E-state index contributed by atoms with van der Waals surface area (Å²) in [6.45, 7) is 3.81. The zero-order chi connectivity index (χ0) is 22.0. The average molecular weight is 422 g/mol. The van der Waals surface area contributed by atoms with E-state index in [1.807, 2.05) is 24.3 Å². The Labute approximate surface area is 185 Å². The molecule has 3 atom stereocenters. The van der Waals surface area contributed by atoms with Crippen molar-refractivity contribution < 1.29 is 9.84 Å². The molecule has 0 bridgehead atoms. The minimum Gasteiger partial charge on any atom is -0.497 e. The number of benzene rings is 2. The third kappa shape index (κ3) is 4.64. The first-order chi connectivity index (χ1) is 14.9. The molecule has 5 heteroatoms. The molecule has 1 aromatic heterocycles. The number of aromatic amines is 1. The second-order valence-electron chi connectivity index (χ2n) is 9.33. The number of nitrogens with one attached hydrogen (secondary N) is 2. The van der Waals surface area contributed by atoms with Crippen molar-refractivity contribution in [1.82, 2.24) is 15.2 Å². The Kier molecular flexibility index (Phi) is 6.37. The summed E-state index contributed by atoms with van der Waals surface area (Å²) in [4.78, 5) is 5.57. The molecule has 3 unspecified atom stereocenters. The second kappa shape index (κ2) is 9.03. The van der Waals surface area contributed by atoms with E-state index in [0.29, 0.717) is 6.04 Å². The van der Waals surface area contributed by atoms with E-state index in [-0.39, 0.29) is 5.92 Å². The summed E-state index contributed by atoms with van der Waals surface area (Å²) in [5.41, 5.74) is 3.89. The maximum absolute atomic E-state index is 11.8. The fourth-order valence-corrected chi connectivity index (χ4v) is 5.07. The van der Waals surface area contributed by atoms with Gasteiger partial charge in [0.15, 0.2) is 0 Å². The summed E-state index contributed by atoms with van der Waals surface area (Å²) >= 11 is 0. The fourth-order valence-electron chi connectivity index (χ4n) is 5.07. The van der Waals surface area contributed by atoms with Gasteiger partial charge in [0.2, 0.25) is 0 Å². The quantitative estimate of drug-likeness (QED) is 0.535. The number of methoxy groups -OCH3 is 1. The highest BCUT2D eigenvalue weighted by Crippen LogP contribution is 2.43. The van der Waals surface area contributed by atoms with Crippen LogP contribution in [0.1, 0.15) is 36.0 Å². The maximum Gasteiger partial charge on any atom is 0.119 e. The molecule has 0 amide bonds. The van der Waals surface area contributed by atoms with Gasteiger partial charge in [-0.2, -0.15) is 0 Å². The number of rotatable bonds is 7. The Bertz CT molecular complexity index is 1030. The summed E-state index contributed by atoms with van der Waals surface area (Å²) in [6.07, 6.45) is 4.74. The molecule has 4 rings (SSSR count). The molecule has 1 saturated carbocycles. The lowest BCUT2D eigenvalue weighted by Crippen LogP contribution is -2.49. The standard InChI is InChI=1S/C26H35N3O2/c1-18-8-9-25-24(12-18)19(16-28-25)15-27-22-10-11-26(30,21(13-22)17-29(2)3)20-6-5-7-23(14-20)31-4/h5-9,12,14,16,21-22,27-28,30H,10-11,13,15,17H2,1-4H3. The highest BCUT2D eigenvalue weighted by atomic mass is 16.5. The molecule has 31 heavy (non-hydrogen) atoms. The van der Waals surface area contributed by atoms with Gasteiger partial charge in [-0.25, -0.2) is 0 Å². The van der Waals surface area contributed by atoms with Crippen LogP contribution in [0.2, 0.25) is 0 Å². The monoisotopic (exact) mass is 421 g/mol. The van der Waals surface area contributed by atoms with Crippen molar-refractivity contribution in [1.29, 1.82) is 0 Å². The minimum absolute atomic E-state index is 0.145. The van der Waals surface area contributed by atoms with E-state index in [0.717, 1.165) is 43.7 Å². The number of hydrogen-bond donors (Lipinski definition) is 3. The summed E-state index contributed by atoms with van der Waals surface area (Å²) in [5, 5.41) is 16.9. The van der Waals surface area contributed by atoms with E-state index >= 15 is 0 Å². The van der Waals surface area contributed by atoms with Crippen LogP contribution in [0, 0.1) is 12.8 Å².